The van der Waals surface area contributed by atoms with Crippen molar-refractivity contribution >= 4 is 17.8 Å². The van der Waals surface area contributed by atoms with Crippen molar-refractivity contribution in [2.24, 2.45) is 5.92 Å². The van der Waals surface area contributed by atoms with Crippen molar-refractivity contribution in [3.63, 3.8) is 0 Å². The molecule has 0 aliphatic heterocycles. The number of nitrogens with one attached hydrogen (secondary N) is 2. The Kier molecular flexibility index (Phi) is 8.73. The molecule has 0 heterocycles. The van der Waals surface area contributed by atoms with Gasteiger partial charge in [-0.25, -0.2) is 4.79 Å². The number of hydrogen-bond donors (Lipinski definition) is 5. The molecule has 9 heteroatoms. The number of carbonyl (C=O) groups excluding carboxylic acids is 2. The molecule has 0 aromatic carbocycles. The summed E-state index contributed by atoms with van der Waals surface area (Å²) in [6, 6.07) is -3.27. The SMILES string of the molecule is CN[C@H](C(=O)N(C)[C@H](C(=O)N[C@@H](CO)C(=O)O)C(C)C)[C@@H](C)O. The first-order valence-electron chi connectivity index (χ1n) is 7.34. The summed E-state index contributed by atoms with van der Waals surface area (Å²) in [5.74, 6) is -2.84. The van der Waals surface area contributed by atoms with Crippen LogP contribution in [0.3, 0.4) is 0 Å². The van der Waals surface area contributed by atoms with Crippen LogP contribution in [0.1, 0.15) is 20.8 Å². The second-order valence-corrected chi connectivity index (χ2v) is 5.73. The average molecular weight is 333 g/mol. The van der Waals surface area contributed by atoms with E-state index in [1.54, 1.807) is 13.8 Å². The number of aliphatic carboxylic acids is 1. The zero-order valence-electron chi connectivity index (χ0n) is 14.1. The van der Waals surface area contributed by atoms with Crippen molar-refractivity contribution in [3.05, 3.63) is 0 Å². The number of amides is 2. The molecule has 23 heavy (non-hydrogen) atoms. The Balaban J connectivity index is 5.27. The van der Waals surface area contributed by atoms with E-state index in [1.165, 1.54) is 25.9 Å². The Labute approximate surface area is 135 Å². The van der Waals surface area contributed by atoms with Gasteiger partial charge in [0.25, 0.3) is 0 Å². The standard InChI is InChI=1S/C14H27N3O6/c1-7(2)11(12(20)16-9(6-18)14(22)23)17(5)13(21)10(15-4)8(3)19/h7-11,15,18-19H,6H2,1-5H3,(H,16,20)(H,22,23)/t8-,9+,10+,11+/m1/s1. The predicted octanol–water partition coefficient (Wildman–Crippen LogP) is -2.00. The van der Waals surface area contributed by atoms with Gasteiger partial charge in [0, 0.05) is 7.05 Å². The molecular formula is C14H27N3O6. The maximum absolute atomic E-state index is 12.4. The lowest BCUT2D eigenvalue weighted by Gasteiger charge is -2.34. The fourth-order valence-corrected chi connectivity index (χ4v) is 2.30. The highest BCUT2D eigenvalue weighted by atomic mass is 16.4. The number of carboxylic acids is 1. The summed E-state index contributed by atoms with van der Waals surface area (Å²) in [6.07, 6.45) is -0.963. The van der Waals surface area contributed by atoms with Gasteiger partial charge in [0.1, 0.15) is 18.1 Å². The number of hydrogen-bond acceptors (Lipinski definition) is 6. The molecule has 0 saturated carbocycles. The summed E-state index contributed by atoms with van der Waals surface area (Å²) in [7, 11) is 2.92. The Hall–Kier alpha value is -1.71. The van der Waals surface area contributed by atoms with Crippen LogP contribution in [-0.4, -0.2) is 82.9 Å². The first-order valence-corrected chi connectivity index (χ1v) is 7.34. The lowest BCUT2D eigenvalue weighted by Crippen LogP contribution is -2.59. The summed E-state index contributed by atoms with van der Waals surface area (Å²) >= 11 is 0. The fraction of sp³-hybridized carbons (Fsp3) is 0.786. The van der Waals surface area contributed by atoms with Crippen LogP contribution in [0.4, 0.5) is 0 Å². The van der Waals surface area contributed by atoms with Gasteiger partial charge in [-0.3, -0.25) is 9.59 Å². The molecule has 0 saturated heterocycles. The van der Waals surface area contributed by atoms with Gasteiger partial charge >= 0.3 is 5.97 Å². The van der Waals surface area contributed by atoms with E-state index in [9.17, 15) is 19.5 Å². The smallest absolute Gasteiger partial charge is 0.328 e. The van der Waals surface area contributed by atoms with Crippen LogP contribution in [0.15, 0.2) is 0 Å². The molecule has 0 bridgehead atoms. The molecule has 0 aromatic heterocycles. The summed E-state index contributed by atoms with van der Waals surface area (Å²) in [4.78, 5) is 36.8. The third-order valence-electron chi connectivity index (χ3n) is 3.52. The van der Waals surface area contributed by atoms with Crippen LogP contribution in [0.25, 0.3) is 0 Å². The van der Waals surface area contributed by atoms with Crippen molar-refractivity contribution in [1.82, 2.24) is 15.5 Å². The van der Waals surface area contributed by atoms with Crippen molar-refractivity contribution in [3.8, 4) is 0 Å². The largest absolute Gasteiger partial charge is 0.480 e. The van der Waals surface area contributed by atoms with E-state index in [0.29, 0.717) is 0 Å². The Bertz CT molecular complexity index is 427. The van der Waals surface area contributed by atoms with E-state index in [4.69, 9.17) is 10.2 Å². The molecule has 0 unspecified atom stereocenters. The number of carbonyl (C=O) groups is 3. The minimum absolute atomic E-state index is 0.302. The molecular weight excluding hydrogens is 306 g/mol. The number of rotatable bonds is 9. The van der Waals surface area contributed by atoms with Crippen molar-refractivity contribution < 1.29 is 29.7 Å². The highest BCUT2D eigenvalue weighted by molar-refractivity contribution is 5.92. The minimum Gasteiger partial charge on any atom is -0.480 e. The Morgan fingerprint density at radius 1 is 1.17 bits per heavy atom. The molecule has 2 amide bonds. The number of aliphatic hydroxyl groups is 2. The van der Waals surface area contributed by atoms with E-state index in [2.05, 4.69) is 10.6 Å². The van der Waals surface area contributed by atoms with Crippen LogP contribution in [0.2, 0.25) is 0 Å². The summed E-state index contributed by atoms with van der Waals surface area (Å²) in [6.45, 7) is 4.11. The van der Waals surface area contributed by atoms with Crippen LogP contribution >= 0.6 is 0 Å². The minimum atomic E-state index is -1.44. The topological polar surface area (TPSA) is 139 Å². The molecule has 0 fully saturated rings. The van der Waals surface area contributed by atoms with Gasteiger partial charge in [0.15, 0.2) is 0 Å². The van der Waals surface area contributed by atoms with E-state index in [1.807, 2.05) is 0 Å². The molecule has 5 N–H and O–H groups in total. The molecule has 0 aliphatic rings. The Morgan fingerprint density at radius 2 is 1.70 bits per heavy atom. The van der Waals surface area contributed by atoms with E-state index >= 15 is 0 Å². The second kappa shape index (κ2) is 9.43. The van der Waals surface area contributed by atoms with Crippen LogP contribution in [-0.2, 0) is 14.4 Å². The van der Waals surface area contributed by atoms with Crippen LogP contribution in [0.5, 0.6) is 0 Å². The predicted molar refractivity (Wildman–Crippen MR) is 82.6 cm³/mol. The highest BCUT2D eigenvalue weighted by Crippen LogP contribution is 2.12. The van der Waals surface area contributed by atoms with Gasteiger partial charge in [-0.05, 0) is 19.9 Å². The van der Waals surface area contributed by atoms with Gasteiger partial charge in [-0.15, -0.1) is 0 Å². The van der Waals surface area contributed by atoms with Crippen LogP contribution in [0, 0.1) is 5.92 Å². The zero-order chi connectivity index (χ0) is 18.3. The monoisotopic (exact) mass is 333 g/mol. The summed E-state index contributed by atoms with van der Waals surface area (Å²) in [5, 5.41) is 32.4. The van der Waals surface area contributed by atoms with Crippen molar-refractivity contribution in [1.29, 1.82) is 0 Å². The normalized spacial score (nSPS) is 16.3. The number of likely N-dealkylation sites (N-methyl/N-ethyl adjacent to an activating group) is 2. The van der Waals surface area contributed by atoms with Crippen molar-refractivity contribution in [2.45, 2.75) is 45.0 Å². The molecule has 0 spiro atoms. The van der Waals surface area contributed by atoms with Gasteiger partial charge in [0.05, 0.1) is 12.7 Å². The third-order valence-corrected chi connectivity index (χ3v) is 3.52. The number of nitrogens with zero attached hydrogens (tertiary/aromatic N) is 1. The first-order chi connectivity index (χ1) is 10.6. The van der Waals surface area contributed by atoms with Crippen LogP contribution < -0.4 is 10.6 Å². The van der Waals surface area contributed by atoms with Gasteiger partial charge in [-0.2, -0.15) is 0 Å². The van der Waals surface area contributed by atoms with Crippen molar-refractivity contribution in [2.75, 3.05) is 20.7 Å². The number of carboxylic acid groups (broad SMARTS) is 1. The third kappa shape index (κ3) is 5.77. The molecule has 4 atom stereocenters. The van der Waals surface area contributed by atoms with Gasteiger partial charge in [-0.1, -0.05) is 13.8 Å². The molecule has 0 aliphatic carbocycles. The van der Waals surface area contributed by atoms with E-state index < -0.39 is 48.6 Å². The zero-order valence-corrected chi connectivity index (χ0v) is 14.1. The number of aliphatic hydroxyl groups excluding tert-OH is 2. The quantitative estimate of drug-likeness (QED) is 0.329. The maximum Gasteiger partial charge on any atom is 0.328 e. The van der Waals surface area contributed by atoms with Gasteiger partial charge in [0.2, 0.25) is 11.8 Å². The highest BCUT2D eigenvalue weighted by Gasteiger charge is 2.35. The lowest BCUT2D eigenvalue weighted by atomic mass is 10.00. The van der Waals surface area contributed by atoms with E-state index in [0.717, 1.165) is 0 Å². The fourth-order valence-electron chi connectivity index (χ4n) is 2.30. The molecule has 9 nitrogen and oxygen atoms in total. The average Bonchev–Trinajstić information content (AvgIpc) is 2.44. The first kappa shape index (κ1) is 21.3. The summed E-state index contributed by atoms with van der Waals surface area (Å²) in [5.41, 5.74) is 0. The molecule has 0 radical (unpaired) electrons. The molecule has 0 aromatic rings. The summed E-state index contributed by atoms with van der Waals surface area (Å²) < 4.78 is 0. The van der Waals surface area contributed by atoms with E-state index in [-0.39, 0.29) is 5.92 Å². The molecule has 0 rings (SSSR count). The maximum atomic E-state index is 12.4. The van der Waals surface area contributed by atoms with Gasteiger partial charge < -0.3 is 30.9 Å². The molecule has 134 valence electrons. The lowest BCUT2D eigenvalue weighted by molar-refractivity contribution is -0.147. The second-order valence-electron chi connectivity index (χ2n) is 5.73. The Morgan fingerprint density at radius 3 is 2.00 bits per heavy atom.